The summed E-state index contributed by atoms with van der Waals surface area (Å²) in [5.74, 6) is 0. The summed E-state index contributed by atoms with van der Waals surface area (Å²) >= 11 is 0. The predicted octanol–water partition coefficient (Wildman–Crippen LogP) is 2.46. The molecule has 0 aromatic carbocycles. The number of aliphatic hydroxyl groups is 1. The van der Waals surface area contributed by atoms with Gasteiger partial charge in [-0.15, -0.1) is 0 Å². The van der Waals surface area contributed by atoms with Crippen LogP contribution >= 0.6 is 0 Å². The molecule has 1 heterocycles. The number of nitrogens with one attached hydrogen (secondary N) is 2. The monoisotopic (exact) mass is 307 g/mol. The van der Waals surface area contributed by atoms with E-state index in [1.807, 2.05) is 12.1 Å². The molecule has 1 aromatic rings. The van der Waals surface area contributed by atoms with Crippen LogP contribution in [0.5, 0.6) is 0 Å². The Labute approximate surface area is 133 Å². The highest BCUT2D eigenvalue weighted by Crippen LogP contribution is 2.22. The van der Waals surface area contributed by atoms with E-state index in [1.54, 1.807) is 12.4 Å². The Morgan fingerprint density at radius 2 is 1.82 bits per heavy atom. The van der Waals surface area contributed by atoms with Gasteiger partial charge in [-0.25, -0.2) is 4.79 Å². The molecule has 5 heteroatoms. The van der Waals surface area contributed by atoms with Crippen LogP contribution in [0.2, 0.25) is 0 Å². The number of hydrogen-bond acceptors (Lipinski definition) is 3. The maximum absolute atomic E-state index is 12.0. The van der Waals surface area contributed by atoms with E-state index in [4.69, 9.17) is 0 Å². The molecule has 0 saturated heterocycles. The van der Waals surface area contributed by atoms with Gasteiger partial charge in [-0.3, -0.25) is 4.98 Å². The number of amides is 2. The van der Waals surface area contributed by atoms with Crippen molar-refractivity contribution >= 4 is 6.03 Å². The van der Waals surface area contributed by atoms with E-state index in [0.29, 0.717) is 6.54 Å². The average molecular weight is 307 g/mol. The number of carbonyl (C=O) groups excluding carboxylic acids is 1. The minimum absolute atomic E-state index is 0.0526. The molecule has 1 atom stereocenters. The van der Waals surface area contributed by atoms with Gasteiger partial charge in [0.1, 0.15) is 0 Å². The van der Waals surface area contributed by atoms with E-state index in [1.165, 1.54) is 0 Å². The first-order valence-corrected chi connectivity index (χ1v) is 7.70. The van der Waals surface area contributed by atoms with Gasteiger partial charge in [-0.2, -0.15) is 0 Å². The van der Waals surface area contributed by atoms with Gasteiger partial charge in [0.15, 0.2) is 0 Å². The Kier molecular flexibility index (Phi) is 6.35. The van der Waals surface area contributed by atoms with Gasteiger partial charge >= 0.3 is 6.03 Å². The first-order valence-electron chi connectivity index (χ1n) is 7.70. The molecule has 2 amide bonds. The molecule has 1 rings (SSSR count). The molecule has 0 aliphatic heterocycles. The van der Waals surface area contributed by atoms with Crippen LogP contribution in [0.4, 0.5) is 4.79 Å². The quantitative estimate of drug-likeness (QED) is 0.756. The maximum Gasteiger partial charge on any atom is 0.315 e. The van der Waals surface area contributed by atoms with Crippen molar-refractivity contribution in [3.63, 3.8) is 0 Å². The number of rotatable bonds is 6. The van der Waals surface area contributed by atoms with Crippen molar-refractivity contribution in [2.75, 3.05) is 13.2 Å². The summed E-state index contributed by atoms with van der Waals surface area (Å²) in [5.41, 5.74) is 0.993. The van der Waals surface area contributed by atoms with E-state index in [2.05, 4.69) is 50.2 Å². The number of aromatic nitrogens is 1. The molecule has 0 aliphatic carbocycles. The molecule has 5 nitrogen and oxygen atoms in total. The molecule has 0 aliphatic rings. The van der Waals surface area contributed by atoms with Crippen molar-refractivity contribution < 1.29 is 9.90 Å². The van der Waals surface area contributed by atoms with E-state index < -0.39 is 0 Å². The van der Waals surface area contributed by atoms with Crippen molar-refractivity contribution in [2.45, 2.75) is 52.5 Å². The fourth-order valence-corrected chi connectivity index (χ4v) is 2.34. The lowest BCUT2D eigenvalue weighted by molar-refractivity contribution is 0.190. The van der Waals surface area contributed by atoms with E-state index in [-0.39, 0.29) is 29.5 Å². The highest BCUT2D eigenvalue weighted by molar-refractivity contribution is 5.74. The molecule has 0 spiro atoms. The normalized spacial score (nSPS) is 13.5. The fourth-order valence-electron chi connectivity index (χ4n) is 2.34. The zero-order chi connectivity index (χ0) is 16.8. The summed E-state index contributed by atoms with van der Waals surface area (Å²) in [7, 11) is 0. The van der Waals surface area contributed by atoms with Crippen molar-refractivity contribution in [3.8, 4) is 0 Å². The lowest BCUT2D eigenvalue weighted by atomic mass is 9.85. The smallest absolute Gasteiger partial charge is 0.315 e. The fraction of sp³-hybridized carbons (Fsp3) is 0.647. The summed E-state index contributed by atoms with van der Waals surface area (Å²) in [4.78, 5) is 16.0. The third-order valence-electron chi connectivity index (χ3n) is 3.57. The van der Waals surface area contributed by atoms with Crippen LogP contribution < -0.4 is 10.6 Å². The summed E-state index contributed by atoms with van der Waals surface area (Å²) in [6.07, 6.45) is 4.23. The van der Waals surface area contributed by atoms with Crippen molar-refractivity contribution in [1.29, 1.82) is 0 Å². The van der Waals surface area contributed by atoms with E-state index in [0.717, 1.165) is 12.0 Å². The molecule has 1 unspecified atom stereocenters. The van der Waals surface area contributed by atoms with Crippen LogP contribution in [0, 0.1) is 5.41 Å². The molecule has 22 heavy (non-hydrogen) atoms. The molecule has 0 fully saturated rings. The van der Waals surface area contributed by atoms with E-state index >= 15 is 0 Å². The lowest BCUT2D eigenvalue weighted by Gasteiger charge is -2.28. The Morgan fingerprint density at radius 1 is 1.23 bits per heavy atom. The van der Waals surface area contributed by atoms with Gasteiger partial charge in [0, 0.05) is 24.4 Å². The van der Waals surface area contributed by atoms with Crippen LogP contribution in [0.1, 0.15) is 46.6 Å². The van der Waals surface area contributed by atoms with Crippen LogP contribution in [0.15, 0.2) is 24.5 Å². The highest BCUT2D eigenvalue weighted by atomic mass is 16.3. The van der Waals surface area contributed by atoms with Crippen molar-refractivity contribution in [3.05, 3.63) is 30.1 Å². The number of nitrogens with zero attached hydrogens (tertiary/aromatic N) is 1. The van der Waals surface area contributed by atoms with Crippen molar-refractivity contribution in [2.24, 2.45) is 5.41 Å². The number of hydrogen-bond donors (Lipinski definition) is 3. The predicted molar refractivity (Wildman–Crippen MR) is 88.7 cm³/mol. The molecule has 0 radical (unpaired) electrons. The Hall–Kier alpha value is -1.62. The first-order chi connectivity index (χ1) is 10.1. The summed E-state index contributed by atoms with van der Waals surface area (Å²) < 4.78 is 0. The largest absolute Gasteiger partial charge is 0.394 e. The van der Waals surface area contributed by atoms with Gasteiger partial charge in [0.05, 0.1) is 12.6 Å². The number of carbonyl (C=O) groups is 1. The van der Waals surface area contributed by atoms with Crippen LogP contribution in [0.25, 0.3) is 0 Å². The van der Waals surface area contributed by atoms with E-state index in [9.17, 15) is 9.90 Å². The highest BCUT2D eigenvalue weighted by Gasteiger charge is 2.23. The zero-order valence-corrected chi connectivity index (χ0v) is 14.3. The second-order valence-electron chi connectivity index (χ2n) is 7.59. The van der Waals surface area contributed by atoms with Gasteiger partial charge in [-0.1, -0.05) is 34.6 Å². The standard InChI is InChI=1S/C17H29N3O2/c1-16(2,3)10-14(11-21)20-15(22)19-12-17(4,5)13-6-8-18-9-7-13/h6-9,14,21H,10-12H2,1-5H3,(H2,19,20,22). The third-order valence-corrected chi connectivity index (χ3v) is 3.57. The average Bonchev–Trinajstić information content (AvgIpc) is 2.44. The number of aliphatic hydroxyl groups excluding tert-OH is 1. The van der Waals surface area contributed by atoms with Gasteiger partial charge in [0.25, 0.3) is 0 Å². The summed E-state index contributed by atoms with van der Waals surface area (Å²) in [6.45, 7) is 10.9. The second kappa shape index (κ2) is 7.58. The molecule has 0 saturated carbocycles. The van der Waals surface area contributed by atoms with Crippen LogP contribution in [-0.2, 0) is 5.41 Å². The van der Waals surface area contributed by atoms with Gasteiger partial charge in [-0.05, 0) is 29.5 Å². The molecular weight excluding hydrogens is 278 g/mol. The second-order valence-corrected chi connectivity index (χ2v) is 7.59. The Morgan fingerprint density at radius 3 is 2.32 bits per heavy atom. The topological polar surface area (TPSA) is 74.2 Å². The third kappa shape index (κ3) is 6.43. The van der Waals surface area contributed by atoms with Gasteiger partial charge in [0.2, 0.25) is 0 Å². The zero-order valence-electron chi connectivity index (χ0n) is 14.3. The first kappa shape index (κ1) is 18.4. The molecule has 0 bridgehead atoms. The minimum atomic E-state index is -0.245. The molecular formula is C17H29N3O2. The van der Waals surface area contributed by atoms with Crippen molar-refractivity contribution in [1.82, 2.24) is 15.6 Å². The Balaban J connectivity index is 2.51. The Bertz CT molecular complexity index is 467. The molecule has 1 aromatic heterocycles. The van der Waals surface area contributed by atoms with Crippen LogP contribution in [0.3, 0.4) is 0 Å². The molecule has 124 valence electrons. The summed E-state index contributed by atoms with van der Waals surface area (Å²) in [6, 6.07) is 3.43. The SMILES string of the molecule is CC(C)(C)CC(CO)NC(=O)NCC(C)(C)c1ccncc1. The van der Waals surface area contributed by atoms with Gasteiger partial charge < -0.3 is 15.7 Å². The number of pyridine rings is 1. The summed E-state index contributed by atoms with van der Waals surface area (Å²) in [5, 5.41) is 15.1. The number of urea groups is 1. The van der Waals surface area contributed by atoms with Crippen LogP contribution in [-0.4, -0.2) is 35.3 Å². The minimum Gasteiger partial charge on any atom is -0.394 e. The molecule has 3 N–H and O–H groups in total. The maximum atomic E-state index is 12.0. The lowest BCUT2D eigenvalue weighted by Crippen LogP contribution is -2.48.